The molecule has 194 valence electrons. The summed E-state index contributed by atoms with van der Waals surface area (Å²) < 4.78 is 23.6. The lowest BCUT2D eigenvalue weighted by atomic mass is 9.78. The number of methoxy groups -OCH3 is 2. The van der Waals surface area contributed by atoms with Gasteiger partial charge in [-0.1, -0.05) is 13.8 Å². The van der Waals surface area contributed by atoms with Gasteiger partial charge in [0.1, 0.15) is 23.4 Å². The Hall–Kier alpha value is -2.93. The zero-order valence-corrected chi connectivity index (χ0v) is 22.3. The second-order valence-electron chi connectivity index (χ2n) is 11.2. The molecule has 0 radical (unpaired) electrons. The molecule has 6 rings (SSSR count). The number of nitrogens with one attached hydrogen (secondary N) is 1. The molecule has 7 nitrogen and oxygen atoms in total. The molecule has 1 amide bonds. The number of hydrogen-bond acceptors (Lipinski definition) is 6. The third kappa shape index (κ3) is 4.49. The van der Waals surface area contributed by atoms with Crippen LogP contribution in [0.2, 0.25) is 0 Å². The fourth-order valence-electron chi connectivity index (χ4n) is 6.12. The Morgan fingerprint density at radius 1 is 1.06 bits per heavy atom. The number of piperidine rings is 3. The van der Waals surface area contributed by atoms with Crippen LogP contribution in [0.15, 0.2) is 24.3 Å². The van der Waals surface area contributed by atoms with Crippen molar-refractivity contribution < 1.29 is 23.7 Å². The minimum atomic E-state index is -0.357. The molecule has 2 bridgehead atoms. The minimum Gasteiger partial charge on any atom is -0.496 e. The molecular weight excluding hydrogens is 456 g/mol. The quantitative estimate of drug-likeness (QED) is 0.611. The highest BCUT2D eigenvalue weighted by Gasteiger charge is 2.41. The van der Waals surface area contributed by atoms with E-state index in [-0.39, 0.29) is 23.7 Å². The standard InChI is InChI=1S/C29H38N2O5/c1-17-11-20(12-18(2)26(17)34-6)21-13-24-22(14-23(21)33-5)27(29(3,4)16-35-24)30-28(32)36-25-15-31-9-7-19(25)8-10-31/h11-14,19,25,27H,7-10,15-16H2,1-6H3,(H,30,32)/t25-,27?/m0/s1. The van der Waals surface area contributed by atoms with Crippen LogP contribution < -0.4 is 19.5 Å². The normalized spacial score (nSPS) is 25.9. The van der Waals surface area contributed by atoms with Gasteiger partial charge in [-0.2, -0.15) is 0 Å². The lowest BCUT2D eigenvalue weighted by molar-refractivity contribution is -0.0361. The zero-order chi connectivity index (χ0) is 25.6. The molecule has 3 fully saturated rings. The first kappa shape index (κ1) is 24.8. The molecule has 2 atom stereocenters. The van der Waals surface area contributed by atoms with E-state index in [1.165, 1.54) is 0 Å². The molecule has 0 aromatic heterocycles. The van der Waals surface area contributed by atoms with E-state index in [1.54, 1.807) is 14.2 Å². The maximum absolute atomic E-state index is 13.1. The van der Waals surface area contributed by atoms with Gasteiger partial charge in [-0.3, -0.25) is 4.90 Å². The van der Waals surface area contributed by atoms with Crippen LogP contribution in [0, 0.1) is 25.2 Å². The van der Waals surface area contributed by atoms with Crippen LogP contribution in [-0.2, 0) is 4.74 Å². The summed E-state index contributed by atoms with van der Waals surface area (Å²) in [7, 11) is 3.37. The van der Waals surface area contributed by atoms with E-state index < -0.39 is 0 Å². The van der Waals surface area contributed by atoms with Crippen LogP contribution in [0.25, 0.3) is 11.1 Å². The Kier molecular flexibility index (Phi) is 6.54. The van der Waals surface area contributed by atoms with E-state index in [4.69, 9.17) is 18.9 Å². The highest BCUT2D eigenvalue weighted by molar-refractivity contribution is 5.76. The van der Waals surface area contributed by atoms with E-state index in [9.17, 15) is 4.79 Å². The van der Waals surface area contributed by atoms with Gasteiger partial charge in [-0.15, -0.1) is 0 Å². The summed E-state index contributed by atoms with van der Waals surface area (Å²) in [5.41, 5.74) is 4.68. The average Bonchev–Trinajstić information content (AvgIpc) is 2.85. The van der Waals surface area contributed by atoms with Gasteiger partial charge in [0.05, 0.1) is 26.9 Å². The summed E-state index contributed by atoms with van der Waals surface area (Å²) in [6, 6.07) is 7.96. The minimum absolute atomic E-state index is 0.0339. The molecule has 2 aromatic carbocycles. The van der Waals surface area contributed by atoms with E-state index >= 15 is 0 Å². The van der Waals surface area contributed by atoms with Gasteiger partial charge < -0.3 is 24.3 Å². The Bertz CT molecular complexity index is 1130. The molecule has 4 aliphatic rings. The molecule has 36 heavy (non-hydrogen) atoms. The van der Waals surface area contributed by atoms with E-state index in [0.29, 0.717) is 12.5 Å². The smallest absolute Gasteiger partial charge is 0.407 e. The van der Waals surface area contributed by atoms with Gasteiger partial charge >= 0.3 is 6.09 Å². The monoisotopic (exact) mass is 494 g/mol. The van der Waals surface area contributed by atoms with Crippen molar-refractivity contribution in [3.8, 4) is 28.4 Å². The van der Waals surface area contributed by atoms with Crippen LogP contribution >= 0.6 is 0 Å². The molecule has 0 saturated carbocycles. The summed E-state index contributed by atoms with van der Waals surface area (Å²) in [5, 5.41) is 3.18. The van der Waals surface area contributed by atoms with Crippen LogP contribution in [0.3, 0.4) is 0 Å². The van der Waals surface area contributed by atoms with Crippen molar-refractivity contribution in [2.75, 3.05) is 40.5 Å². The Labute approximate surface area is 214 Å². The third-order valence-corrected chi connectivity index (χ3v) is 8.12. The van der Waals surface area contributed by atoms with Crippen LogP contribution in [0.5, 0.6) is 17.2 Å². The molecule has 1 unspecified atom stereocenters. The highest BCUT2D eigenvalue weighted by atomic mass is 16.6. The molecule has 0 spiro atoms. The van der Waals surface area contributed by atoms with E-state index in [1.807, 2.05) is 26.0 Å². The van der Waals surface area contributed by atoms with Crippen molar-refractivity contribution in [2.24, 2.45) is 11.3 Å². The second-order valence-corrected chi connectivity index (χ2v) is 11.2. The number of hydrogen-bond donors (Lipinski definition) is 1. The summed E-state index contributed by atoms with van der Waals surface area (Å²) in [6.45, 7) is 11.8. The van der Waals surface area contributed by atoms with E-state index in [0.717, 1.165) is 77.5 Å². The van der Waals surface area contributed by atoms with Crippen molar-refractivity contribution in [3.63, 3.8) is 0 Å². The fraction of sp³-hybridized carbons (Fsp3) is 0.552. The first-order chi connectivity index (χ1) is 17.2. The van der Waals surface area contributed by atoms with Gasteiger partial charge in [0.15, 0.2) is 0 Å². The molecular formula is C29H38N2O5. The van der Waals surface area contributed by atoms with Crippen molar-refractivity contribution in [2.45, 2.75) is 52.7 Å². The SMILES string of the molecule is COc1cc2c(cc1-c1cc(C)c(OC)c(C)c1)OCC(C)(C)C2NC(=O)O[C@H]1CN2CCC1CC2. The topological polar surface area (TPSA) is 69.3 Å². The predicted octanol–water partition coefficient (Wildman–Crippen LogP) is 5.27. The molecule has 4 heterocycles. The van der Waals surface area contributed by atoms with Gasteiger partial charge in [-0.25, -0.2) is 4.79 Å². The number of carbonyl (C=O) groups is 1. The van der Waals surface area contributed by atoms with Crippen LogP contribution in [0.4, 0.5) is 4.79 Å². The number of fused-ring (bicyclic) bond motifs is 4. The average molecular weight is 495 g/mol. The Morgan fingerprint density at radius 2 is 1.75 bits per heavy atom. The van der Waals surface area contributed by atoms with Gasteiger partial charge in [0, 0.05) is 23.1 Å². The second kappa shape index (κ2) is 9.51. The molecule has 2 aromatic rings. The number of alkyl carbamates (subject to hydrolysis) is 1. The predicted molar refractivity (Wildman–Crippen MR) is 139 cm³/mol. The molecule has 4 aliphatic heterocycles. The van der Waals surface area contributed by atoms with Crippen molar-refractivity contribution in [3.05, 3.63) is 41.0 Å². The largest absolute Gasteiger partial charge is 0.496 e. The lowest BCUT2D eigenvalue weighted by Crippen LogP contribution is -2.53. The van der Waals surface area contributed by atoms with Crippen molar-refractivity contribution >= 4 is 6.09 Å². The Balaban J connectivity index is 1.44. The highest BCUT2D eigenvalue weighted by Crippen LogP contribution is 2.47. The molecule has 0 aliphatic carbocycles. The maximum Gasteiger partial charge on any atom is 0.407 e. The number of benzene rings is 2. The number of amides is 1. The third-order valence-electron chi connectivity index (χ3n) is 8.12. The molecule has 3 saturated heterocycles. The summed E-state index contributed by atoms with van der Waals surface area (Å²) in [4.78, 5) is 15.5. The molecule has 1 N–H and O–H groups in total. The molecule has 7 heteroatoms. The van der Waals surface area contributed by atoms with Gasteiger partial charge in [0.25, 0.3) is 0 Å². The van der Waals surface area contributed by atoms with Crippen molar-refractivity contribution in [1.29, 1.82) is 0 Å². The number of ether oxygens (including phenoxy) is 4. The number of aryl methyl sites for hydroxylation is 2. The van der Waals surface area contributed by atoms with Gasteiger partial charge in [0.2, 0.25) is 0 Å². The zero-order valence-electron chi connectivity index (χ0n) is 22.3. The Morgan fingerprint density at radius 3 is 2.33 bits per heavy atom. The van der Waals surface area contributed by atoms with Crippen LogP contribution in [-0.4, -0.2) is 57.6 Å². The summed E-state index contributed by atoms with van der Waals surface area (Å²) in [5.74, 6) is 2.84. The summed E-state index contributed by atoms with van der Waals surface area (Å²) >= 11 is 0. The fourth-order valence-corrected chi connectivity index (χ4v) is 6.12. The van der Waals surface area contributed by atoms with E-state index in [2.05, 4.69) is 36.2 Å². The first-order valence-corrected chi connectivity index (χ1v) is 12.9. The van der Waals surface area contributed by atoms with Gasteiger partial charge in [-0.05, 0) is 86.7 Å². The first-order valence-electron chi connectivity index (χ1n) is 12.9. The number of nitrogens with zero attached hydrogens (tertiary/aromatic N) is 1. The van der Waals surface area contributed by atoms with Crippen LogP contribution in [0.1, 0.15) is 49.4 Å². The summed E-state index contributed by atoms with van der Waals surface area (Å²) in [6.07, 6.45) is 1.82. The number of rotatable bonds is 5. The lowest BCUT2D eigenvalue weighted by Gasteiger charge is -2.44. The maximum atomic E-state index is 13.1. The number of carbonyl (C=O) groups excluding carboxylic acids is 1. The van der Waals surface area contributed by atoms with Crippen molar-refractivity contribution in [1.82, 2.24) is 10.2 Å².